The van der Waals surface area contributed by atoms with E-state index in [-0.39, 0.29) is 0 Å². The van der Waals surface area contributed by atoms with Crippen LogP contribution in [0, 0.1) is 0 Å². The molecule has 0 N–H and O–H groups in total. The molecule has 0 saturated carbocycles. The normalized spacial score (nSPS) is 17.6. The van der Waals surface area contributed by atoms with Crippen molar-refractivity contribution in [2.45, 2.75) is 13.3 Å². The Hall–Kier alpha value is -1.88. The lowest BCUT2D eigenvalue weighted by Gasteiger charge is -2.18. The Balaban J connectivity index is 1.96. The number of methoxy groups -OCH3 is 1. The summed E-state index contributed by atoms with van der Waals surface area (Å²) in [7, 11) is 1.70. The quantitative estimate of drug-likeness (QED) is 0.860. The fourth-order valence-corrected chi connectivity index (χ4v) is 4.04. The van der Waals surface area contributed by atoms with Crippen molar-refractivity contribution in [2.75, 3.05) is 20.2 Å². The first-order chi connectivity index (χ1) is 10.3. The van der Waals surface area contributed by atoms with Gasteiger partial charge in [0, 0.05) is 22.4 Å². The Morgan fingerprint density at radius 3 is 3.14 bits per heavy atom. The molecule has 4 rings (SSSR count). The minimum absolute atomic E-state index is 0.858. The molecule has 0 saturated heterocycles. The van der Waals surface area contributed by atoms with Crippen molar-refractivity contribution in [3.05, 3.63) is 34.9 Å². The first-order valence-corrected chi connectivity index (χ1v) is 7.92. The van der Waals surface area contributed by atoms with E-state index in [2.05, 4.69) is 22.9 Å². The first kappa shape index (κ1) is 12.8. The molecule has 0 spiro atoms. The highest BCUT2D eigenvalue weighted by Gasteiger charge is 2.33. The molecule has 5 heteroatoms. The number of rotatable bonds is 3. The second-order valence-electron chi connectivity index (χ2n) is 5.06. The topological polar surface area (TPSA) is 38.0 Å². The van der Waals surface area contributed by atoms with Gasteiger partial charge >= 0.3 is 0 Å². The molecule has 0 bridgehead atoms. The average molecular weight is 300 g/mol. The summed E-state index contributed by atoms with van der Waals surface area (Å²) in [4.78, 5) is 8.24. The van der Waals surface area contributed by atoms with Crippen LogP contribution < -0.4 is 4.74 Å². The zero-order valence-corrected chi connectivity index (χ0v) is 12.9. The first-order valence-electron chi connectivity index (χ1n) is 7.10. The molecule has 0 fully saturated rings. The Morgan fingerprint density at radius 1 is 1.43 bits per heavy atom. The minimum atomic E-state index is 0.858. The van der Waals surface area contributed by atoms with Gasteiger partial charge in [-0.25, -0.2) is 0 Å². The number of ether oxygens (including phenoxy) is 1. The third-order valence-electron chi connectivity index (χ3n) is 3.89. The molecule has 1 aromatic carbocycles. The third-order valence-corrected chi connectivity index (χ3v) is 5.15. The molecule has 2 aliphatic heterocycles. The van der Waals surface area contributed by atoms with Gasteiger partial charge in [0.1, 0.15) is 11.3 Å². The number of hydrogen-bond acceptors (Lipinski definition) is 5. The van der Waals surface area contributed by atoms with Crippen molar-refractivity contribution >= 4 is 33.6 Å². The number of benzene rings is 1. The van der Waals surface area contributed by atoms with E-state index in [1.165, 1.54) is 10.6 Å². The van der Waals surface area contributed by atoms with Gasteiger partial charge in [0.25, 0.3) is 0 Å². The van der Waals surface area contributed by atoms with Crippen LogP contribution in [0.5, 0.6) is 5.75 Å². The Morgan fingerprint density at radius 2 is 2.33 bits per heavy atom. The average Bonchev–Trinajstić information content (AvgIpc) is 3.20. The maximum atomic E-state index is 5.74. The van der Waals surface area contributed by atoms with Crippen LogP contribution in [0.4, 0.5) is 0 Å². The molecule has 4 nitrogen and oxygen atoms in total. The Bertz CT molecular complexity index is 776. The number of furan rings is 1. The lowest BCUT2D eigenvalue weighted by Crippen LogP contribution is -2.20. The number of allylic oxidation sites excluding steroid dienone is 1. The fraction of sp³-hybridized carbons (Fsp3) is 0.312. The summed E-state index contributed by atoms with van der Waals surface area (Å²) in [6.07, 6.45) is 2.73. The van der Waals surface area contributed by atoms with E-state index in [0.29, 0.717) is 0 Å². The second-order valence-corrected chi connectivity index (χ2v) is 6.12. The van der Waals surface area contributed by atoms with Gasteiger partial charge in [0.05, 0.1) is 25.6 Å². The highest BCUT2D eigenvalue weighted by molar-refractivity contribution is 8.17. The highest BCUT2D eigenvalue weighted by Crippen LogP contribution is 2.45. The molecule has 0 atom stereocenters. The Kier molecular flexibility index (Phi) is 2.96. The zero-order valence-electron chi connectivity index (χ0n) is 12.0. The molecular weight excluding hydrogens is 284 g/mol. The van der Waals surface area contributed by atoms with Crippen molar-refractivity contribution in [3.63, 3.8) is 0 Å². The summed E-state index contributed by atoms with van der Waals surface area (Å²) < 4.78 is 11.2. The molecule has 21 heavy (non-hydrogen) atoms. The van der Waals surface area contributed by atoms with Gasteiger partial charge in [-0.05, 0) is 24.6 Å². The maximum Gasteiger partial charge on any atom is 0.168 e. The van der Waals surface area contributed by atoms with Crippen molar-refractivity contribution in [1.29, 1.82) is 0 Å². The Labute approximate surface area is 127 Å². The second kappa shape index (κ2) is 4.84. The lowest BCUT2D eigenvalue weighted by atomic mass is 10.1. The predicted octanol–water partition coefficient (Wildman–Crippen LogP) is 3.94. The van der Waals surface area contributed by atoms with E-state index in [1.54, 1.807) is 25.1 Å². The molecule has 108 valence electrons. The fourth-order valence-electron chi connectivity index (χ4n) is 2.91. The standard InChI is InChI=1S/C16H16N2O2S/c1-3-13-14(18-6-5-17-16(18)21-13)12-9-11(19-2)8-10-4-7-20-15(10)12/h4,7-9H,3,5-6H2,1-2H3. The molecule has 0 amide bonds. The molecular formula is C16H16N2O2S. The van der Waals surface area contributed by atoms with Crippen LogP contribution >= 0.6 is 11.8 Å². The van der Waals surface area contributed by atoms with Crippen LogP contribution in [-0.4, -0.2) is 30.3 Å². The largest absolute Gasteiger partial charge is 0.497 e. The molecule has 0 unspecified atom stereocenters. The number of aliphatic imine (C=N–C) groups is 1. The molecule has 0 radical (unpaired) electrons. The van der Waals surface area contributed by atoms with Gasteiger partial charge in [-0.15, -0.1) is 0 Å². The monoisotopic (exact) mass is 300 g/mol. The lowest BCUT2D eigenvalue weighted by molar-refractivity contribution is 0.415. The summed E-state index contributed by atoms with van der Waals surface area (Å²) in [6, 6.07) is 6.06. The van der Waals surface area contributed by atoms with E-state index < -0.39 is 0 Å². The van der Waals surface area contributed by atoms with Gasteiger partial charge in [0.2, 0.25) is 0 Å². The van der Waals surface area contributed by atoms with Crippen LogP contribution in [0.1, 0.15) is 18.9 Å². The molecule has 3 heterocycles. The van der Waals surface area contributed by atoms with Gasteiger partial charge < -0.3 is 14.1 Å². The van der Waals surface area contributed by atoms with Crippen molar-refractivity contribution in [1.82, 2.24) is 4.90 Å². The van der Waals surface area contributed by atoms with Crippen LogP contribution in [0.2, 0.25) is 0 Å². The predicted molar refractivity (Wildman–Crippen MR) is 86.6 cm³/mol. The van der Waals surface area contributed by atoms with Crippen LogP contribution in [0.3, 0.4) is 0 Å². The van der Waals surface area contributed by atoms with Crippen LogP contribution in [0.15, 0.2) is 38.8 Å². The van der Waals surface area contributed by atoms with E-state index in [1.807, 2.05) is 12.1 Å². The van der Waals surface area contributed by atoms with Gasteiger partial charge in [-0.1, -0.05) is 18.7 Å². The third kappa shape index (κ3) is 1.87. The summed E-state index contributed by atoms with van der Waals surface area (Å²) in [5.41, 5.74) is 3.26. The van der Waals surface area contributed by atoms with E-state index in [9.17, 15) is 0 Å². The van der Waals surface area contributed by atoms with Gasteiger partial charge in [-0.2, -0.15) is 0 Å². The maximum absolute atomic E-state index is 5.74. The SMILES string of the molecule is CCC1=C(c2cc(OC)cc3ccoc23)N2CCN=C2S1. The van der Waals surface area contributed by atoms with Crippen LogP contribution in [-0.2, 0) is 0 Å². The smallest absolute Gasteiger partial charge is 0.168 e. The number of amidine groups is 1. The van der Waals surface area contributed by atoms with Crippen molar-refractivity contribution in [3.8, 4) is 5.75 Å². The number of hydrogen-bond donors (Lipinski definition) is 0. The molecule has 2 aliphatic rings. The van der Waals surface area contributed by atoms with Gasteiger partial charge in [0.15, 0.2) is 5.17 Å². The summed E-state index contributed by atoms with van der Waals surface area (Å²) >= 11 is 1.78. The van der Waals surface area contributed by atoms with E-state index in [4.69, 9.17) is 9.15 Å². The summed E-state index contributed by atoms with van der Waals surface area (Å²) in [5, 5.41) is 2.19. The number of nitrogens with zero attached hydrogens (tertiary/aromatic N) is 2. The molecule has 0 aliphatic carbocycles. The van der Waals surface area contributed by atoms with Gasteiger partial charge in [-0.3, -0.25) is 4.99 Å². The van der Waals surface area contributed by atoms with E-state index in [0.717, 1.165) is 47.0 Å². The number of fused-ring (bicyclic) bond motifs is 2. The highest BCUT2D eigenvalue weighted by atomic mass is 32.2. The van der Waals surface area contributed by atoms with Crippen molar-refractivity contribution in [2.24, 2.45) is 4.99 Å². The minimum Gasteiger partial charge on any atom is -0.497 e. The number of thioether (sulfide) groups is 1. The zero-order chi connectivity index (χ0) is 14.4. The van der Waals surface area contributed by atoms with Crippen LogP contribution in [0.25, 0.3) is 16.7 Å². The summed E-state index contributed by atoms with van der Waals surface area (Å²) in [6.45, 7) is 4.00. The molecule has 1 aromatic heterocycles. The molecule has 2 aromatic rings. The van der Waals surface area contributed by atoms with E-state index >= 15 is 0 Å². The summed E-state index contributed by atoms with van der Waals surface area (Å²) in [5.74, 6) is 0.858. The van der Waals surface area contributed by atoms with Crippen molar-refractivity contribution < 1.29 is 9.15 Å².